The van der Waals surface area contributed by atoms with E-state index in [9.17, 15) is 0 Å². The number of benzene rings is 8. The van der Waals surface area contributed by atoms with E-state index in [2.05, 4.69) is 230 Å². The van der Waals surface area contributed by atoms with Crippen LogP contribution in [0.15, 0.2) is 194 Å². The van der Waals surface area contributed by atoms with Gasteiger partial charge in [-0.3, -0.25) is 6.08 Å². The van der Waals surface area contributed by atoms with E-state index in [1.165, 1.54) is 115 Å². The van der Waals surface area contributed by atoms with Gasteiger partial charge in [0.15, 0.2) is 0 Å². The van der Waals surface area contributed by atoms with Crippen molar-refractivity contribution in [3.63, 3.8) is 0 Å². The van der Waals surface area contributed by atoms with E-state index in [0.717, 1.165) is 6.42 Å². The summed E-state index contributed by atoms with van der Waals surface area (Å²) in [4.78, 5) is 0. The van der Waals surface area contributed by atoms with Crippen molar-refractivity contribution in [3.8, 4) is 22.3 Å². The fourth-order valence-electron chi connectivity index (χ4n) is 8.26. The zero-order chi connectivity index (χ0) is 41.9. The molecule has 0 N–H and O–H groups in total. The van der Waals surface area contributed by atoms with Gasteiger partial charge in [-0.2, -0.15) is 6.08 Å². The maximum atomic E-state index is 2.99. The van der Waals surface area contributed by atoms with Gasteiger partial charge >= 0.3 is 145 Å². The summed E-state index contributed by atoms with van der Waals surface area (Å²) in [6, 6.07) is 64.3. The molecule has 9 aromatic carbocycles. The van der Waals surface area contributed by atoms with Gasteiger partial charge in [-0.05, 0) is 44.2 Å². The van der Waals surface area contributed by atoms with E-state index in [-0.39, 0.29) is 35.6 Å². The molecule has 0 atom stereocenters. The van der Waals surface area contributed by atoms with E-state index in [0.29, 0.717) is 0 Å². The first kappa shape index (κ1) is 46.5. The van der Waals surface area contributed by atoms with Crippen LogP contribution in [0.1, 0.15) is 70.2 Å². The van der Waals surface area contributed by atoms with E-state index in [4.69, 9.17) is 0 Å². The second kappa shape index (κ2) is 20.0. The van der Waals surface area contributed by atoms with Gasteiger partial charge in [0.2, 0.25) is 0 Å². The predicted molar refractivity (Wildman–Crippen MR) is 272 cm³/mol. The Kier molecular flexibility index (Phi) is 15.0. The van der Waals surface area contributed by atoms with Gasteiger partial charge in [0.25, 0.3) is 0 Å². The van der Waals surface area contributed by atoms with E-state index >= 15 is 0 Å². The van der Waals surface area contributed by atoms with Gasteiger partial charge in [0.05, 0.1) is 0 Å². The molecule has 1 aliphatic rings. The summed E-state index contributed by atoms with van der Waals surface area (Å²) in [5.41, 5.74) is 10.8. The summed E-state index contributed by atoms with van der Waals surface area (Å²) in [5.74, 6) is 0. The molecule has 0 aromatic heterocycles. The minimum absolute atomic E-state index is 0. The second-order valence-electron chi connectivity index (χ2n) is 17.8. The topological polar surface area (TPSA) is 0 Å². The summed E-state index contributed by atoms with van der Waals surface area (Å²) in [6.45, 7) is 13.9. The van der Waals surface area contributed by atoms with Gasteiger partial charge in [-0.1, -0.05) is 114 Å². The number of fused-ring (bicyclic) bond motifs is 5. The summed E-state index contributed by atoms with van der Waals surface area (Å²) in [6.07, 6.45) is 10.0. The molecule has 0 amide bonds. The Bertz CT molecular complexity index is 2820. The quantitative estimate of drug-likeness (QED) is 0.154. The van der Waals surface area contributed by atoms with Crippen LogP contribution in [0.25, 0.3) is 65.3 Å². The molecule has 0 bridgehead atoms. The first-order valence-corrected chi connectivity index (χ1v) is 22.3. The number of hydrogen-bond acceptors (Lipinski definition) is 0. The normalized spacial score (nSPS) is 12.0. The van der Waals surface area contributed by atoms with E-state index < -0.39 is 0 Å². The second-order valence-corrected chi connectivity index (χ2v) is 19.1. The number of rotatable bonds is 4. The number of allylic oxidation sites excluding steroid dienone is 4. The van der Waals surface area contributed by atoms with E-state index in [1.807, 2.05) is 12.2 Å². The molecule has 0 saturated heterocycles. The van der Waals surface area contributed by atoms with Crippen LogP contribution in [0, 0.1) is 6.08 Å². The number of hydrogen-bond donors (Lipinski definition) is 0. The van der Waals surface area contributed by atoms with Gasteiger partial charge in [-0.15, -0.1) is 71.0 Å². The Morgan fingerprint density at radius 1 is 0.484 bits per heavy atom. The van der Waals surface area contributed by atoms with Crippen LogP contribution >= 0.6 is 24.8 Å². The summed E-state index contributed by atoms with van der Waals surface area (Å²) in [5, 5.41) is 10.6. The third kappa shape index (κ3) is 10.4. The van der Waals surface area contributed by atoms with Crippen LogP contribution in [0.3, 0.4) is 0 Å². The average Bonchev–Trinajstić information content (AvgIpc) is 3.97. The molecule has 1 aliphatic carbocycles. The van der Waals surface area contributed by atoms with Gasteiger partial charge in [0, 0.05) is 0 Å². The van der Waals surface area contributed by atoms with E-state index in [1.54, 1.807) is 0 Å². The molecule has 0 saturated carbocycles. The van der Waals surface area contributed by atoms with Gasteiger partial charge in [0.1, 0.15) is 0 Å². The van der Waals surface area contributed by atoms with Crippen molar-refractivity contribution < 1.29 is 24.2 Å². The third-order valence-electron chi connectivity index (χ3n) is 11.4. The Morgan fingerprint density at radius 3 is 1.24 bits per heavy atom. The van der Waals surface area contributed by atoms with Crippen molar-refractivity contribution in [1.29, 1.82) is 0 Å². The van der Waals surface area contributed by atoms with Crippen molar-refractivity contribution in [2.75, 3.05) is 0 Å². The first-order valence-electron chi connectivity index (χ1n) is 21.1. The van der Waals surface area contributed by atoms with Crippen LogP contribution in [0.4, 0.5) is 0 Å². The Balaban J connectivity index is 0.000000190. The maximum absolute atomic E-state index is 2.99. The standard InChI is InChI=1S/C33H33.C21H14.C5H5.2ClH.Zr/c1-32(2,3)30-20-26-24(18-28(30)22-13-9-7-10-14-22)17-25-19-29(23-15-11-8-12-16-23)31(21-27(25)26)33(4,5)6;1-3-7-20-14-16(9-11-18(20)5-1)13-17-10-12-19-6-2-4-8-21(19)15-17;1-2-4-5-3-1;;;/h7-21H,1-6H3;1-12,14-15H;1-3H,4H2;2*1H;/q-1;;-1;;;+2. The third-order valence-corrected chi connectivity index (χ3v) is 12.8. The first-order chi connectivity index (χ1) is 28.9. The SMILES string of the molecule is CC(C)(C)c1cc2c(cc1-c1ccccc1)[cH-]c1cc(-c3ccccc3)c(C(C)(C)C)cc12.Cl.Cl.[C-]1=CC=CC1.[Zr+2]=[C](c1ccc2ccccc2c1)c1ccc2ccccc2c1. The van der Waals surface area contributed by atoms with Crippen LogP contribution in [-0.4, -0.2) is 3.21 Å². The van der Waals surface area contributed by atoms with Crippen molar-refractivity contribution in [2.45, 2.75) is 58.8 Å². The molecule has 0 aliphatic heterocycles. The Labute approximate surface area is 395 Å². The van der Waals surface area contributed by atoms with Crippen LogP contribution < -0.4 is 0 Å². The molecule has 0 unspecified atom stereocenters. The molecule has 9 aromatic rings. The summed E-state index contributed by atoms with van der Waals surface area (Å²) >= 11 is 1.44. The molecular formula is C59H54Cl2Zr. The zero-order valence-electron chi connectivity index (χ0n) is 36.5. The molecule has 0 spiro atoms. The molecule has 62 heavy (non-hydrogen) atoms. The number of halogens is 2. The fourth-order valence-corrected chi connectivity index (χ4v) is 9.02. The molecule has 0 nitrogen and oxygen atoms in total. The van der Waals surface area contributed by atoms with Crippen molar-refractivity contribution >= 4 is 71.1 Å². The van der Waals surface area contributed by atoms with Crippen LogP contribution in [0.5, 0.6) is 0 Å². The van der Waals surface area contributed by atoms with Crippen LogP contribution in [-0.2, 0) is 35.1 Å². The molecule has 0 fully saturated rings. The van der Waals surface area contributed by atoms with Crippen molar-refractivity contribution in [3.05, 3.63) is 222 Å². The fraction of sp³-hybridized carbons (Fsp3) is 0.153. The van der Waals surface area contributed by atoms with Gasteiger partial charge in [-0.25, -0.2) is 12.2 Å². The summed E-state index contributed by atoms with van der Waals surface area (Å²) in [7, 11) is 0. The Hall–Kier alpha value is -5.04. The molecular weight excluding hydrogens is 871 g/mol. The molecule has 3 heteroatoms. The average molecular weight is 925 g/mol. The van der Waals surface area contributed by atoms with Crippen LogP contribution in [0.2, 0.25) is 0 Å². The molecule has 308 valence electrons. The molecule has 0 heterocycles. The summed E-state index contributed by atoms with van der Waals surface area (Å²) < 4.78 is 1.41. The van der Waals surface area contributed by atoms with Crippen molar-refractivity contribution in [2.24, 2.45) is 0 Å². The Morgan fingerprint density at radius 2 is 0.887 bits per heavy atom. The predicted octanol–water partition coefficient (Wildman–Crippen LogP) is 16.9. The molecule has 0 radical (unpaired) electrons. The zero-order valence-corrected chi connectivity index (χ0v) is 40.6. The van der Waals surface area contributed by atoms with Gasteiger partial charge < -0.3 is 0 Å². The minimum atomic E-state index is 0. The molecule has 10 rings (SSSR count). The monoisotopic (exact) mass is 922 g/mol. The van der Waals surface area contributed by atoms with Crippen molar-refractivity contribution in [1.82, 2.24) is 0 Å².